The molecule has 0 aliphatic rings. The van der Waals surface area contributed by atoms with Crippen LogP contribution in [0.4, 0.5) is 0 Å². The molecule has 2 heterocycles. The fraction of sp³-hybridized carbons (Fsp3) is 0.286. The first-order chi connectivity index (χ1) is 5.92. The number of fused-ring (bicyclic) bond motifs is 1. The van der Waals surface area contributed by atoms with Crippen LogP contribution in [-0.2, 0) is 6.54 Å². The Kier molecular flexibility index (Phi) is 1.71. The first-order valence-corrected chi connectivity index (χ1v) is 3.63. The minimum absolute atomic E-state index is 0.0976. The second-order valence-electron chi connectivity index (χ2n) is 2.39. The van der Waals surface area contributed by atoms with Gasteiger partial charge < -0.3 is 9.67 Å². The largest absolute Gasteiger partial charge is 0.395 e. The molecule has 0 amide bonds. The lowest BCUT2D eigenvalue weighted by Gasteiger charge is -1.97. The van der Waals surface area contributed by atoms with Crippen molar-refractivity contribution >= 4 is 11.2 Å². The molecule has 5 nitrogen and oxygen atoms in total. The summed E-state index contributed by atoms with van der Waals surface area (Å²) in [5.74, 6) is 0. The summed E-state index contributed by atoms with van der Waals surface area (Å²) in [6.07, 6.45) is 4.79. The third kappa shape index (κ3) is 1.04. The van der Waals surface area contributed by atoms with Gasteiger partial charge in [0.15, 0.2) is 5.65 Å². The molecule has 2 aromatic rings. The zero-order valence-corrected chi connectivity index (χ0v) is 6.38. The molecule has 0 aromatic carbocycles. The summed E-state index contributed by atoms with van der Waals surface area (Å²) in [4.78, 5) is 11.9. The van der Waals surface area contributed by atoms with E-state index in [0.717, 1.165) is 5.52 Å². The number of aliphatic hydroxyl groups is 1. The summed E-state index contributed by atoms with van der Waals surface area (Å²) < 4.78 is 1.81. The molecule has 0 spiro atoms. The van der Waals surface area contributed by atoms with Crippen LogP contribution in [-0.4, -0.2) is 31.2 Å². The lowest BCUT2D eigenvalue weighted by Crippen LogP contribution is -2.00. The van der Waals surface area contributed by atoms with Crippen molar-refractivity contribution in [3.63, 3.8) is 0 Å². The highest BCUT2D eigenvalue weighted by Gasteiger charge is 2.00. The Morgan fingerprint density at radius 1 is 1.42 bits per heavy atom. The molecular weight excluding hydrogens is 156 g/mol. The number of aliphatic hydroxyl groups excluding tert-OH is 1. The molecule has 0 aliphatic heterocycles. The van der Waals surface area contributed by atoms with E-state index in [-0.39, 0.29) is 6.61 Å². The Labute approximate surface area is 68.7 Å². The molecule has 62 valence electrons. The summed E-state index contributed by atoms with van der Waals surface area (Å²) >= 11 is 0. The van der Waals surface area contributed by atoms with Crippen LogP contribution in [0.15, 0.2) is 18.9 Å². The molecule has 0 unspecified atom stereocenters. The van der Waals surface area contributed by atoms with Crippen LogP contribution in [0, 0.1) is 0 Å². The number of rotatable bonds is 2. The van der Waals surface area contributed by atoms with Crippen LogP contribution < -0.4 is 0 Å². The minimum atomic E-state index is 0.0976. The lowest BCUT2D eigenvalue weighted by molar-refractivity contribution is 0.278. The standard InChI is InChI=1S/C7H8N4O/c12-2-1-11-5-10-7-6(11)3-8-4-9-7/h3-5,12H,1-2H2. The molecule has 12 heavy (non-hydrogen) atoms. The van der Waals surface area contributed by atoms with Crippen molar-refractivity contribution in [2.75, 3.05) is 6.61 Å². The molecule has 0 radical (unpaired) electrons. The molecule has 0 atom stereocenters. The Bertz CT molecular complexity index is 384. The van der Waals surface area contributed by atoms with E-state index in [0.29, 0.717) is 12.2 Å². The summed E-state index contributed by atoms with van der Waals surface area (Å²) in [5.41, 5.74) is 1.52. The number of hydrogen-bond acceptors (Lipinski definition) is 4. The average Bonchev–Trinajstić information content (AvgIpc) is 2.50. The molecule has 0 saturated heterocycles. The highest BCUT2D eigenvalue weighted by molar-refractivity contribution is 5.68. The van der Waals surface area contributed by atoms with Crippen molar-refractivity contribution in [3.8, 4) is 0 Å². The average molecular weight is 164 g/mol. The van der Waals surface area contributed by atoms with E-state index in [1.165, 1.54) is 6.33 Å². The van der Waals surface area contributed by atoms with Crippen LogP contribution in [0.1, 0.15) is 0 Å². The first kappa shape index (κ1) is 7.17. The first-order valence-electron chi connectivity index (χ1n) is 3.63. The van der Waals surface area contributed by atoms with Gasteiger partial charge in [0.05, 0.1) is 19.1 Å². The lowest BCUT2D eigenvalue weighted by atomic mass is 10.5. The van der Waals surface area contributed by atoms with Gasteiger partial charge in [-0.2, -0.15) is 0 Å². The van der Waals surface area contributed by atoms with Crippen molar-refractivity contribution in [3.05, 3.63) is 18.9 Å². The molecule has 0 aliphatic carbocycles. The highest BCUT2D eigenvalue weighted by Crippen LogP contribution is 2.06. The minimum Gasteiger partial charge on any atom is -0.395 e. The SMILES string of the molecule is OCCn1cnc2ncncc21. The third-order valence-electron chi connectivity index (χ3n) is 1.64. The summed E-state index contributed by atoms with van der Waals surface area (Å²) in [7, 11) is 0. The second-order valence-corrected chi connectivity index (χ2v) is 2.39. The quantitative estimate of drug-likeness (QED) is 0.668. The van der Waals surface area contributed by atoms with Crippen LogP contribution in [0.25, 0.3) is 11.2 Å². The van der Waals surface area contributed by atoms with E-state index in [1.54, 1.807) is 12.5 Å². The van der Waals surface area contributed by atoms with E-state index >= 15 is 0 Å². The van der Waals surface area contributed by atoms with Gasteiger partial charge in [-0.25, -0.2) is 15.0 Å². The number of hydrogen-bond donors (Lipinski definition) is 1. The van der Waals surface area contributed by atoms with Crippen LogP contribution in [0.5, 0.6) is 0 Å². The van der Waals surface area contributed by atoms with Crippen molar-refractivity contribution in [2.45, 2.75) is 6.54 Å². The monoisotopic (exact) mass is 164 g/mol. The topological polar surface area (TPSA) is 63.8 Å². The maximum Gasteiger partial charge on any atom is 0.180 e. The fourth-order valence-electron chi connectivity index (χ4n) is 1.09. The van der Waals surface area contributed by atoms with Crippen molar-refractivity contribution in [1.82, 2.24) is 19.5 Å². The highest BCUT2D eigenvalue weighted by atomic mass is 16.3. The molecule has 0 fully saturated rings. The Morgan fingerprint density at radius 2 is 2.33 bits per heavy atom. The van der Waals surface area contributed by atoms with E-state index in [9.17, 15) is 0 Å². The Balaban J connectivity index is 2.55. The smallest absolute Gasteiger partial charge is 0.180 e. The summed E-state index contributed by atoms with van der Waals surface area (Å²) in [6.45, 7) is 0.629. The van der Waals surface area contributed by atoms with Crippen LogP contribution in [0.2, 0.25) is 0 Å². The maximum absolute atomic E-state index is 8.71. The second kappa shape index (κ2) is 2.86. The van der Waals surface area contributed by atoms with Gasteiger partial charge in [0.25, 0.3) is 0 Å². The maximum atomic E-state index is 8.71. The van der Waals surface area contributed by atoms with Gasteiger partial charge in [-0.3, -0.25) is 0 Å². The van der Waals surface area contributed by atoms with Gasteiger partial charge in [0.2, 0.25) is 0 Å². The molecule has 2 aromatic heterocycles. The van der Waals surface area contributed by atoms with Gasteiger partial charge in [-0.05, 0) is 0 Å². The summed E-state index contributed by atoms with van der Waals surface area (Å²) in [6, 6.07) is 0. The van der Waals surface area contributed by atoms with E-state index in [2.05, 4.69) is 15.0 Å². The predicted octanol–water partition coefficient (Wildman–Crippen LogP) is -0.181. The van der Waals surface area contributed by atoms with Gasteiger partial charge in [-0.15, -0.1) is 0 Å². The van der Waals surface area contributed by atoms with Gasteiger partial charge in [0.1, 0.15) is 11.8 Å². The number of aromatic nitrogens is 4. The van der Waals surface area contributed by atoms with Crippen LogP contribution in [0.3, 0.4) is 0 Å². The fourth-order valence-corrected chi connectivity index (χ4v) is 1.09. The Morgan fingerprint density at radius 3 is 3.17 bits per heavy atom. The van der Waals surface area contributed by atoms with E-state index < -0.39 is 0 Å². The van der Waals surface area contributed by atoms with Crippen molar-refractivity contribution in [1.29, 1.82) is 0 Å². The molecule has 1 N–H and O–H groups in total. The number of imidazole rings is 1. The Hall–Kier alpha value is -1.49. The van der Waals surface area contributed by atoms with Crippen molar-refractivity contribution < 1.29 is 5.11 Å². The molecule has 0 saturated carbocycles. The molecular formula is C7H8N4O. The predicted molar refractivity (Wildman–Crippen MR) is 42.4 cm³/mol. The number of nitrogens with zero attached hydrogens (tertiary/aromatic N) is 4. The van der Waals surface area contributed by atoms with Gasteiger partial charge in [-0.1, -0.05) is 0 Å². The van der Waals surface area contributed by atoms with Crippen LogP contribution >= 0.6 is 0 Å². The van der Waals surface area contributed by atoms with Gasteiger partial charge in [0, 0.05) is 6.54 Å². The molecule has 5 heteroatoms. The summed E-state index contributed by atoms with van der Waals surface area (Å²) in [5, 5.41) is 8.71. The van der Waals surface area contributed by atoms with Gasteiger partial charge >= 0.3 is 0 Å². The van der Waals surface area contributed by atoms with Crippen molar-refractivity contribution in [2.24, 2.45) is 0 Å². The van der Waals surface area contributed by atoms with E-state index in [1.807, 2.05) is 4.57 Å². The molecule has 0 bridgehead atoms. The zero-order valence-electron chi connectivity index (χ0n) is 6.38. The van der Waals surface area contributed by atoms with E-state index in [4.69, 9.17) is 5.11 Å². The zero-order chi connectivity index (χ0) is 8.39. The third-order valence-corrected chi connectivity index (χ3v) is 1.64. The molecule has 2 rings (SSSR count). The normalized spacial score (nSPS) is 10.8.